The predicted octanol–water partition coefficient (Wildman–Crippen LogP) is 5.30. The largest absolute Gasteiger partial charge is 0.494 e. The number of nitrogens with zero attached hydrogens (tertiary/aromatic N) is 1. The van der Waals surface area contributed by atoms with Gasteiger partial charge in [-0.2, -0.15) is 0 Å². The molecule has 1 heterocycles. The molecule has 0 radical (unpaired) electrons. The van der Waals surface area contributed by atoms with Crippen molar-refractivity contribution in [2.45, 2.75) is 73.6 Å². The fourth-order valence-electron chi connectivity index (χ4n) is 4.86. The maximum Gasteiger partial charge on any atom is 0.198 e. The molecule has 188 valence electrons. The third kappa shape index (κ3) is 6.33. The van der Waals surface area contributed by atoms with Gasteiger partial charge in [0.15, 0.2) is 5.88 Å². The van der Waals surface area contributed by atoms with Gasteiger partial charge in [0.2, 0.25) is 0 Å². The Kier molecular flexibility index (Phi) is 8.76. The molecule has 35 heavy (non-hydrogen) atoms. The minimum atomic E-state index is 0.113. The normalized spacial score (nSPS) is 18.2. The Morgan fingerprint density at radius 1 is 1.23 bits per heavy atom. The molecule has 5 nitrogen and oxygen atoms in total. The summed E-state index contributed by atoms with van der Waals surface area (Å²) in [4.78, 5) is 7.68. The van der Waals surface area contributed by atoms with Crippen molar-refractivity contribution >= 4 is 23.7 Å². The molecule has 1 aliphatic rings. The molecule has 2 unspecified atom stereocenters. The van der Waals surface area contributed by atoms with Gasteiger partial charge in [0.1, 0.15) is 5.84 Å². The summed E-state index contributed by atoms with van der Waals surface area (Å²) >= 11 is 0. The van der Waals surface area contributed by atoms with Gasteiger partial charge in [0.25, 0.3) is 0 Å². The fourth-order valence-corrected chi connectivity index (χ4v) is 4.86. The molecular formula is C30H42N4O. The quantitative estimate of drug-likeness (QED) is 0.294. The highest BCUT2D eigenvalue weighted by Crippen LogP contribution is 2.34. The number of H-pyrrole nitrogens is 1. The molecular weight excluding hydrogens is 432 g/mol. The highest BCUT2D eigenvalue weighted by atomic mass is 16.3. The number of aromatic nitrogens is 1. The average molecular weight is 475 g/mol. The highest BCUT2D eigenvalue weighted by Gasteiger charge is 2.25. The molecule has 2 atom stereocenters. The topological polar surface area (TPSA) is 84.3 Å². The second kappa shape index (κ2) is 11.6. The third-order valence-electron chi connectivity index (χ3n) is 6.95. The minimum absolute atomic E-state index is 0.113. The molecule has 0 amide bonds. The molecule has 2 aromatic rings. The number of aromatic hydroxyl groups is 1. The van der Waals surface area contributed by atoms with E-state index < -0.39 is 0 Å². The van der Waals surface area contributed by atoms with Gasteiger partial charge in [-0.15, -0.1) is 0 Å². The number of rotatable bonds is 9. The molecule has 0 fully saturated rings. The summed E-state index contributed by atoms with van der Waals surface area (Å²) in [5.41, 5.74) is 6.21. The highest BCUT2D eigenvalue weighted by molar-refractivity contribution is 6.09. The van der Waals surface area contributed by atoms with E-state index >= 15 is 0 Å². The molecule has 0 saturated heterocycles. The van der Waals surface area contributed by atoms with Crippen LogP contribution in [0.3, 0.4) is 0 Å². The number of amidine groups is 1. The van der Waals surface area contributed by atoms with Crippen molar-refractivity contribution in [2.24, 2.45) is 16.8 Å². The lowest BCUT2D eigenvalue weighted by Crippen LogP contribution is -2.34. The van der Waals surface area contributed by atoms with Crippen LogP contribution in [0, 0.1) is 24.2 Å². The summed E-state index contributed by atoms with van der Waals surface area (Å²) in [6.07, 6.45) is 9.38. The lowest BCUT2D eigenvalue weighted by Gasteiger charge is -2.25. The number of allylic oxidation sites excluding steroid dienone is 1. The van der Waals surface area contributed by atoms with E-state index in [4.69, 9.17) is 5.41 Å². The molecule has 5 heteroatoms. The van der Waals surface area contributed by atoms with E-state index in [1.807, 2.05) is 13.8 Å². The van der Waals surface area contributed by atoms with E-state index in [1.165, 1.54) is 16.7 Å². The predicted molar refractivity (Wildman–Crippen MR) is 149 cm³/mol. The first kappa shape index (κ1) is 26.5. The van der Waals surface area contributed by atoms with Crippen molar-refractivity contribution in [3.05, 3.63) is 62.8 Å². The zero-order valence-electron chi connectivity index (χ0n) is 22.4. The third-order valence-corrected chi connectivity index (χ3v) is 6.95. The molecule has 0 aliphatic heterocycles. The molecule has 3 rings (SSSR count). The summed E-state index contributed by atoms with van der Waals surface area (Å²) in [5.74, 6) is 1.49. The van der Waals surface area contributed by atoms with Gasteiger partial charge in [0.05, 0.1) is 11.3 Å². The van der Waals surface area contributed by atoms with Crippen molar-refractivity contribution in [1.29, 1.82) is 5.41 Å². The molecule has 0 saturated carbocycles. The first-order chi connectivity index (χ1) is 16.6. The maximum absolute atomic E-state index is 10.8. The Labute approximate surface area is 210 Å². The van der Waals surface area contributed by atoms with Gasteiger partial charge < -0.3 is 15.4 Å². The second-order valence-corrected chi connectivity index (χ2v) is 10.2. The maximum atomic E-state index is 10.8. The lowest BCUT2D eigenvalue weighted by molar-refractivity contribution is 0.455. The van der Waals surface area contributed by atoms with Crippen LogP contribution in [0.1, 0.15) is 82.6 Å². The van der Waals surface area contributed by atoms with Crippen LogP contribution < -0.4 is 15.9 Å². The van der Waals surface area contributed by atoms with Gasteiger partial charge in [-0.1, -0.05) is 58.0 Å². The Balaban J connectivity index is 1.99. The Bertz CT molecular complexity index is 1250. The lowest BCUT2D eigenvalue weighted by atomic mass is 9.78. The van der Waals surface area contributed by atoms with Crippen LogP contribution in [-0.2, 0) is 6.42 Å². The van der Waals surface area contributed by atoms with Gasteiger partial charge in [-0.25, -0.2) is 4.99 Å². The average Bonchev–Trinajstić information content (AvgIpc) is 3.12. The summed E-state index contributed by atoms with van der Waals surface area (Å²) in [7, 11) is 0. The Hall–Kier alpha value is -3.08. The number of aromatic amines is 1. The van der Waals surface area contributed by atoms with Crippen LogP contribution in [0.2, 0.25) is 0 Å². The summed E-state index contributed by atoms with van der Waals surface area (Å²) in [5, 5.41) is 24.5. The van der Waals surface area contributed by atoms with Gasteiger partial charge in [-0.05, 0) is 68.6 Å². The number of aryl methyl sites for hydroxylation is 2. The monoisotopic (exact) mass is 474 g/mol. The molecule has 0 bridgehead atoms. The number of nitrogens with one attached hydrogen (secondary N) is 3. The molecule has 1 aliphatic carbocycles. The minimum Gasteiger partial charge on any atom is -0.494 e. The van der Waals surface area contributed by atoms with Crippen LogP contribution in [-0.4, -0.2) is 28.2 Å². The molecule has 0 spiro atoms. The summed E-state index contributed by atoms with van der Waals surface area (Å²) in [6, 6.07) is 6.76. The van der Waals surface area contributed by atoms with E-state index in [9.17, 15) is 5.11 Å². The van der Waals surface area contributed by atoms with Crippen molar-refractivity contribution in [2.75, 3.05) is 6.54 Å². The molecule has 4 N–H and O–H groups in total. The van der Waals surface area contributed by atoms with Crippen LogP contribution in [0.25, 0.3) is 12.2 Å². The van der Waals surface area contributed by atoms with E-state index in [2.05, 4.69) is 80.3 Å². The van der Waals surface area contributed by atoms with Crippen molar-refractivity contribution in [1.82, 2.24) is 10.3 Å². The number of hydrogen-bond acceptors (Lipinski definition) is 3. The Morgan fingerprint density at radius 3 is 2.63 bits per heavy atom. The smallest absolute Gasteiger partial charge is 0.198 e. The zero-order valence-corrected chi connectivity index (χ0v) is 22.4. The van der Waals surface area contributed by atoms with Crippen molar-refractivity contribution < 1.29 is 5.11 Å². The fraction of sp³-hybridized carbons (Fsp3) is 0.467. The van der Waals surface area contributed by atoms with Crippen LogP contribution >= 0.6 is 0 Å². The summed E-state index contributed by atoms with van der Waals surface area (Å²) in [6.45, 7) is 15.7. The van der Waals surface area contributed by atoms with Crippen LogP contribution in [0.15, 0.2) is 35.0 Å². The number of hydrogen-bond donors (Lipinski definition) is 4. The van der Waals surface area contributed by atoms with Crippen molar-refractivity contribution in [3.63, 3.8) is 0 Å². The number of aliphatic imine (C=N–C) groups is 1. The molecule has 1 aromatic heterocycles. The van der Waals surface area contributed by atoms with Crippen LogP contribution in [0.5, 0.6) is 5.88 Å². The van der Waals surface area contributed by atoms with E-state index in [1.54, 1.807) is 6.08 Å². The van der Waals surface area contributed by atoms with Gasteiger partial charge >= 0.3 is 0 Å². The van der Waals surface area contributed by atoms with Gasteiger partial charge in [0, 0.05) is 34.8 Å². The zero-order chi connectivity index (χ0) is 25.7. The first-order valence-electron chi connectivity index (χ1n) is 12.9. The SMILES string of the molecule is CCc1ccc(C)c(C2C=c3c(C(C)=NC(=N)/C=C(/C)NCCC(C)C)c(O)[nH]c3=CC2CC)c1. The second-order valence-electron chi connectivity index (χ2n) is 10.2. The first-order valence-corrected chi connectivity index (χ1v) is 12.9. The number of benzene rings is 1. The standard InChI is InChI=1S/C30H42N4O/c1-8-22-11-10-19(5)24(15-22)25-17-26-27(16-23(25)9-2)34-30(35)29(26)21(7)33-28(31)14-20(6)32-13-12-18(3)4/h10-11,14-18,23,25,31-32,34-35H,8-9,12-13H2,1-7H3/b20-14-,31-28?,33-21?. The van der Waals surface area contributed by atoms with E-state index in [0.29, 0.717) is 23.1 Å². The van der Waals surface area contributed by atoms with Crippen LogP contribution in [0.4, 0.5) is 0 Å². The summed E-state index contributed by atoms with van der Waals surface area (Å²) < 4.78 is 0. The Morgan fingerprint density at radius 2 is 1.97 bits per heavy atom. The molecule has 1 aromatic carbocycles. The number of fused-ring (bicyclic) bond motifs is 1. The van der Waals surface area contributed by atoms with Gasteiger partial charge in [-0.3, -0.25) is 5.41 Å². The van der Waals surface area contributed by atoms with E-state index in [-0.39, 0.29) is 17.6 Å². The van der Waals surface area contributed by atoms with Crippen molar-refractivity contribution in [3.8, 4) is 5.88 Å². The van der Waals surface area contributed by atoms with E-state index in [0.717, 1.165) is 42.1 Å².